The Balaban J connectivity index is 1.96. The fraction of sp³-hybridized carbons (Fsp3) is 0.812. The number of hydrogen-bond acceptors (Lipinski definition) is 4. The van der Waals surface area contributed by atoms with Crippen LogP contribution < -0.4 is 0 Å². The highest BCUT2D eigenvalue weighted by Gasteiger charge is 2.71. The molecule has 0 aromatic rings. The van der Waals surface area contributed by atoms with Gasteiger partial charge in [-0.25, -0.2) is 0 Å². The first-order chi connectivity index (χ1) is 9.50. The average molecular weight is 277 g/mol. The molecular formula is C16H23NO3. The third-order valence-corrected chi connectivity index (χ3v) is 6.46. The summed E-state index contributed by atoms with van der Waals surface area (Å²) in [6.07, 6.45) is 6.51. The first-order valence-electron chi connectivity index (χ1n) is 7.86. The Hall–Kier alpha value is -0.710. The van der Waals surface area contributed by atoms with E-state index in [-0.39, 0.29) is 23.5 Å². The fourth-order valence-electron chi connectivity index (χ4n) is 5.64. The lowest BCUT2D eigenvalue weighted by molar-refractivity contribution is -0.249. The van der Waals surface area contributed by atoms with Crippen molar-refractivity contribution in [2.75, 3.05) is 13.1 Å². The molecule has 4 aliphatic rings. The monoisotopic (exact) mass is 277 g/mol. The van der Waals surface area contributed by atoms with Gasteiger partial charge in [0.25, 0.3) is 0 Å². The molecule has 0 amide bonds. The SMILES string of the molecule is CC1CC2(O)N3CC=CC24C(CCC3)C(=O)CC4C1O. The van der Waals surface area contributed by atoms with Crippen LogP contribution in [0.25, 0.3) is 0 Å². The van der Waals surface area contributed by atoms with Crippen molar-refractivity contribution < 1.29 is 15.0 Å². The number of nitrogens with zero attached hydrogens (tertiary/aromatic N) is 1. The van der Waals surface area contributed by atoms with Crippen molar-refractivity contribution in [2.45, 2.75) is 44.4 Å². The van der Waals surface area contributed by atoms with Crippen LogP contribution in [0.2, 0.25) is 0 Å². The molecule has 3 fully saturated rings. The summed E-state index contributed by atoms with van der Waals surface area (Å²) in [7, 11) is 0. The lowest BCUT2D eigenvalue weighted by Gasteiger charge is -2.60. The number of carbonyl (C=O) groups is 1. The van der Waals surface area contributed by atoms with E-state index in [2.05, 4.69) is 17.1 Å². The highest BCUT2D eigenvalue weighted by atomic mass is 16.3. The summed E-state index contributed by atoms with van der Waals surface area (Å²) < 4.78 is 0. The summed E-state index contributed by atoms with van der Waals surface area (Å²) in [5.41, 5.74) is -1.50. The number of rotatable bonds is 0. The molecule has 110 valence electrons. The molecule has 0 aromatic heterocycles. The van der Waals surface area contributed by atoms with Gasteiger partial charge in [0.15, 0.2) is 0 Å². The summed E-state index contributed by atoms with van der Waals surface area (Å²) in [5, 5.41) is 22.2. The molecule has 20 heavy (non-hydrogen) atoms. The Morgan fingerprint density at radius 1 is 1.45 bits per heavy atom. The number of aliphatic hydroxyl groups excluding tert-OH is 1. The second-order valence-electron chi connectivity index (χ2n) is 7.24. The molecule has 7 unspecified atom stereocenters. The number of carbonyl (C=O) groups excluding carboxylic acids is 1. The van der Waals surface area contributed by atoms with Gasteiger partial charge >= 0.3 is 0 Å². The van der Waals surface area contributed by atoms with E-state index in [0.29, 0.717) is 12.8 Å². The summed E-state index contributed by atoms with van der Waals surface area (Å²) in [6, 6.07) is 0. The van der Waals surface area contributed by atoms with Crippen molar-refractivity contribution in [3.8, 4) is 0 Å². The Morgan fingerprint density at radius 3 is 3.05 bits per heavy atom. The summed E-state index contributed by atoms with van der Waals surface area (Å²) in [6.45, 7) is 3.61. The van der Waals surface area contributed by atoms with Crippen molar-refractivity contribution in [3.05, 3.63) is 12.2 Å². The first-order valence-corrected chi connectivity index (χ1v) is 7.86. The van der Waals surface area contributed by atoms with Gasteiger partial charge in [0.1, 0.15) is 11.5 Å². The van der Waals surface area contributed by atoms with Crippen LogP contribution in [0.1, 0.15) is 32.6 Å². The van der Waals surface area contributed by atoms with Crippen LogP contribution in [0.15, 0.2) is 12.2 Å². The van der Waals surface area contributed by atoms with E-state index in [1.807, 2.05) is 6.92 Å². The third kappa shape index (κ3) is 1.26. The minimum atomic E-state index is -0.946. The molecule has 4 nitrogen and oxygen atoms in total. The predicted octanol–water partition coefficient (Wildman–Crippen LogP) is 0.933. The largest absolute Gasteiger partial charge is 0.393 e. The van der Waals surface area contributed by atoms with Gasteiger partial charge in [0.05, 0.1) is 6.10 Å². The summed E-state index contributed by atoms with van der Waals surface area (Å²) >= 11 is 0. The second-order valence-corrected chi connectivity index (χ2v) is 7.24. The second kappa shape index (κ2) is 3.93. The van der Waals surface area contributed by atoms with Crippen LogP contribution in [0.3, 0.4) is 0 Å². The van der Waals surface area contributed by atoms with Crippen LogP contribution in [0.5, 0.6) is 0 Å². The van der Waals surface area contributed by atoms with Crippen molar-refractivity contribution in [1.82, 2.24) is 4.90 Å². The van der Waals surface area contributed by atoms with Crippen molar-refractivity contribution in [2.24, 2.45) is 23.2 Å². The van der Waals surface area contributed by atoms with E-state index < -0.39 is 17.2 Å². The van der Waals surface area contributed by atoms with Crippen molar-refractivity contribution >= 4 is 5.78 Å². The van der Waals surface area contributed by atoms with E-state index in [0.717, 1.165) is 25.9 Å². The molecular weight excluding hydrogens is 254 g/mol. The summed E-state index contributed by atoms with van der Waals surface area (Å²) in [4.78, 5) is 14.7. The minimum Gasteiger partial charge on any atom is -0.393 e. The van der Waals surface area contributed by atoms with Crippen molar-refractivity contribution in [1.29, 1.82) is 0 Å². The van der Waals surface area contributed by atoms with Gasteiger partial charge in [-0.15, -0.1) is 0 Å². The van der Waals surface area contributed by atoms with Crippen LogP contribution in [-0.4, -0.2) is 45.8 Å². The molecule has 2 saturated carbocycles. The van der Waals surface area contributed by atoms with E-state index in [9.17, 15) is 15.0 Å². The molecule has 2 N–H and O–H groups in total. The molecule has 2 aliphatic carbocycles. The third-order valence-electron chi connectivity index (χ3n) is 6.46. The topological polar surface area (TPSA) is 60.8 Å². The Morgan fingerprint density at radius 2 is 2.25 bits per heavy atom. The summed E-state index contributed by atoms with van der Waals surface area (Å²) in [5.74, 6) is 0.0545. The lowest BCUT2D eigenvalue weighted by Crippen LogP contribution is -2.69. The number of Topliss-reactive ketones (excluding diaryl/α,β-unsaturated/α-hetero) is 1. The Kier molecular flexibility index (Phi) is 2.55. The zero-order chi connectivity index (χ0) is 14.1. The van der Waals surface area contributed by atoms with Gasteiger partial charge in [0.2, 0.25) is 0 Å². The molecule has 4 heteroatoms. The van der Waals surface area contributed by atoms with E-state index in [1.54, 1.807) is 0 Å². The standard InChI is InChI=1S/C16H23NO3/c1-10-9-16(20)15-5-3-7-17(16)6-2-4-11(15)13(18)8-12(15)14(10)19/h3,5,10-12,14,19-20H,2,4,6-9H2,1H3. The average Bonchev–Trinajstić information content (AvgIpc) is 2.67. The van der Waals surface area contributed by atoms with E-state index in [4.69, 9.17) is 0 Å². The number of hydrogen-bond donors (Lipinski definition) is 2. The molecule has 1 spiro atoms. The van der Waals surface area contributed by atoms with Gasteiger partial charge in [0, 0.05) is 36.8 Å². The fourth-order valence-corrected chi connectivity index (χ4v) is 5.64. The Bertz CT molecular complexity index is 490. The van der Waals surface area contributed by atoms with Crippen LogP contribution in [-0.2, 0) is 4.79 Å². The van der Waals surface area contributed by atoms with Gasteiger partial charge in [-0.05, 0) is 25.2 Å². The van der Waals surface area contributed by atoms with Gasteiger partial charge < -0.3 is 10.2 Å². The van der Waals surface area contributed by atoms with E-state index >= 15 is 0 Å². The molecule has 0 radical (unpaired) electrons. The number of ketones is 1. The molecule has 4 rings (SSSR count). The highest BCUT2D eigenvalue weighted by Crippen LogP contribution is 2.64. The minimum absolute atomic E-state index is 0.0387. The van der Waals surface area contributed by atoms with Gasteiger partial charge in [-0.1, -0.05) is 19.1 Å². The normalized spacial score (nSPS) is 57.4. The molecule has 2 heterocycles. The molecule has 0 aromatic carbocycles. The smallest absolute Gasteiger partial charge is 0.137 e. The number of aliphatic hydroxyl groups is 2. The highest BCUT2D eigenvalue weighted by molar-refractivity contribution is 5.86. The zero-order valence-electron chi connectivity index (χ0n) is 12.0. The Labute approximate surface area is 119 Å². The molecule has 2 aliphatic heterocycles. The predicted molar refractivity (Wildman–Crippen MR) is 73.7 cm³/mol. The maximum atomic E-state index is 12.5. The van der Waals surface area contributed by atoms with Gasteiger partial charge in [-0.3, -0.25) is 9.69 Å². The van der Waals surface area contributed by atoms with Crippen LogP contribution in [0, 0.1) is 23.2 Å². The van der Waals surface area contributed by atoms with E-state index in [1.165, 1.54) is 0 Å². The van der Waals surface area contributed by atoms with Crippen molar-refractivity contribution in [3.63, 3.8) is 0 Å². The zero-order valence-corrected chi connectivity index (χ0v) is 12.0. The first kappa shape index (κ1) is 13.0. The lowest BCUT2D eigenvalue weighted by atomic mass is 9.54. The molecule has 1 saturated heterocycles. The quantitative estimate of drug-likeness (QED) is 0.647. The maximum absolute atomic E-state index is 12.5. The van der Waals surface area contributed by atoms with Gasteiger partial charge in [-0.2, -0.15) is 0 Å². The molecule has 7 atom stereocenters. The van der Waals surface area contributed by atoms with Crippen LogP contribution in [0.4, 0.5) is 0 Å². The molecule has 2 bridgehead atoms. The van der Waals surface area contributed by atoms with Crippen LogP contribution >= 0.6 is 0 Å². The maximum Gasteiger partial charge on any atom is 0.137 e.